The van der Waals surface area contributed by atoms with E-state index in [0.717, 1.165) is 24.3 Å². The smallest absolute Gasteiger partial charge is 0.258 e. The molecule has 1 fully saturated rings. The number of halogens is 1. The third-order valence-electron chi connectivity index (χ3n) is 5.78. The molecule has 0 unspecified atom stereocenters. The zero-order chi connectivity index (χ0) is 24.1. The van der Waals surface area contributed by atoms with Gasteiger partial charge in [0.15, 0.2) is 0 Å². The van der Waals surface area contributed by atoms with Gasteiger partial charge >= 0.3 is 0 Å². The zero-order valence-corrected chi connectivity index (χ0v) is 19.7. The molecule has 0 saturated carbocycles. The Bertz CT molecular complexity index is 1240. The molecule has 1 aliphatic heterocycles. The molecule has 0 aliphatic carbocycles. The van der Waals surface area contributed by atoms with Crippen molar-refractivity contribution in [1.82, 2.24) is 4.98 Å². The van der Waals surface area contributed by atoms with E-state index in [1.807, 2.05) is 19.1 Å². The Morgan fingerprint density at radius 1 is 1.29 bits per heavy atom. The first kappa shape index (κ1) is 23.8. The van der Waals surface area contributed by atoms with Crippen LogP contribution in [0.1, 0.15) is 22.8 Å². The van der Waals surface area contributed by atoms with Gasteiger partial charge in [-0.25, -0.2) is 0 Å². The Hall–Kier alpha value is -3.33. The molecule has 2 heterocycles. The van der Waals surface area contributed by atoms with Gasteiger partial charge < -0.3 is 30.8 Å². The molecule has 9 heteroatoms. The second-order valence-electron chi connectivity index (χ2n) is 8.14. The van der Waals surface area contributed by atoms with Gasteiger partial charge in [0.05, 0.1) is 41.9 Å². The molecular formula is C25H28ClN5O3. The standard InChI is InChI=1S/C25H28ClN5O3/c1-16-11-19(31-7-9-34-10-8-31)13-22(24(16)27)29-14-20-21(5-6-28-25(20)33)30-15-23(32)17-3-2-4-18(26)12-17/h2-6,11-14,23,32H,7-10,15,27H2,1H3,(H2,28,30,33)/b29-14+/t23-/m1/s1. The molecule has 178 valence electrons. The summed E-state index contributed by atoms with van der Waals surface area (Å²) in [6.45, 7) is 5.09. The molecule has 1 aromatic heterocycles. The summed E-state index contributed by atoms with van der Waals surface area (Å²) >= 11 is 6.02. The molecule has 3 aromatic rings. The number of aryl methyl sites for hydroxylation is 1. The van der Waals surface area contributed by atoms with Crippen molar-refractivity contribution in [2.45, 2.75) is 13.0 Å². The molecule has 34 heavy (non-hydrogen) atoms. The maximum Gasteiger partial charge on any atom is 0.258 e. The number of H-pyrrole nitrogens is 1. The first-order valence-corrected chi connectivity index (χ1v) is 11.5. The number of ether oxygens (including phenoxy) is 1. The number of nitrogens with zero attached hydrogens (tertiary/aromatic N) is 2. The highest BCUT2D eigenvalue weighted by Gasteiger charge is 2.15. The van der Waals surface area contributed by atoms with E-state index in [0.29, 0.717) is 46.4 Å². The van der Waals surface area contributed by atoms with E-state index in [1.165, 1.54) is 6.21 Å². The van der Waals surface area contributed by atoms with Crippen LogP contribution in [-0.2, 0) is 4.74 Å². The minimum absolute atomic E-state index is 0.193. The maximum atomic E-state index is 12.6. The van der Waals surface area contributed by atoms with Gasteiger partial charge in [0.2, 0.25) is 0 Å². The topological polar surface area (TPSA) is 116 Å². The third-order valence-corrected chi connectivity index (χ3v) is 6.01. The largest absolute Gasteiger partial charge is 0.397 e. The van der Waals surface area contributed by atoms with E-state index in [4.69, 9.17) is 22.1 Å². The van der Waals surface area contributed by atoms with Gasteiger partial charge in [0.25, 0.3) is 5.56 Å². The third kappa shape index (κ3) is 5.59. The molecule has 0 amide bonds. The molecule has 1 aliphatic rings. The average molecular weight is 482 g/mol. The van der Waals surface area contributed by atoms with E-state index in [9.17, 15) is 9.90 Å². The number of benzene rings is 2. The van der Waals surface area contributed by atoms with Crippen LogP contribution in [0.15, 0.2) is 58.4 Å². The van der Waals surface area contributed by atoms with Crippen molar-refractivity contribution in [2.24, 2.45) is 4.99 Å². The molecule has 5 N–H and O–H groups in total. The van der Waals surface area contributed by atoms with Crippen LogP contribution in [0.2, 0.25) is 5.02 Å². The predicted octanol–water partition coefficient (Wildman–Crippen LogP) is 3.65. The van der Waals surface area contributed by atoms with Crippen LogP contribution >= 0.6 is 11.6 Å². The quantitative estimate of drug-likeness (QED) is 0.302. The van der Waals surface area contributed by atoms with E-state index >= 15 is 0 Å². The summed E-state index contributed by atoms with van der Waals surface area (Å²) in [5, 5.41) is 14.2. The lowest BCUT2D eigenvalue weighted by Crippen LogP contribution is -2.36. The van der Waals surface area contributed by atoms with Gasteiger partial charge in [0.1, 0.15) is 0 Å². The Balaban J connectivity index is 1.56. The van der Waals surface area contributed by atoms with Gasteiger partial charge in [-0.3, -0.25) is 9.79 Å². The van der Waals surface area contributed by atoms with Gasteiger partial charge in [-0.1, -0.05) is 23.7 Å². The zero-order valence-electron chi connectivity index (χ0n) is 18.9. The van der Waals surface area contributed by atoms with Gasteiger partial charge in [-0.05, 0) is 48.4 Å². The average Bonchev–Trinajstić information content (AvgIpc) is 2.84. The highest BCUT2D eigenvalue weighted by Crippen LogP contribution is 2.32. The van der Waals surface area contributed by atoms with Crippen LogP contribution in [0.5, 0.6) is 0 Å². The Labute approximate surface area is 203 Å². The van der Waals surface area contributed by atoms with Crippen molar-refractivity contribution in [3.63, 3.8) is 0 Å². The Kier molecular flexibility index (Phi) is 7.52. The number of hydrogen-bond donors (Lipinski definition) is 4. The molecule has 0 radical (unpaired) electrons. The molecule has 2 aromatic carbocycles. The van der Waals surface area contributed by atoms with Crippen LogP contribution in [0, 0.1) is 6.92 Å². The number of aliphatic imine (C=N–C) groups is 1. The number of morpholine rings is 1. The second-order valence-corrected chi connectivity index (χ2v) is 8.58. The van der Waals surface area contributed by atoms with E-state index in [1.54, 1.807) is 36.5 Å². The number of rotatable bonds is 7. The SMILES string of the molecule is Cc1cc(N2CCOCC2)cc(/N=C/c2c(NC[C@@H](O)c3cccc(Cl)c3)cc[nH]c2=O)c1N. The molecular weight excluding hydrogens is 454 g/mol. The van der Waals surface area contributed by atoms with Crippen molar-refractivity contribution in [1.29, 1.82) is 0 Å². The lowest BCUT2D eigenvalue weighted by atomic mass is 10.1. The number of hydrogen-bond acceptors (Lipinski definition) is 7. The normalized spacial score (nSPS) is 15.0. The number of aromatic nitrogens is 1. The van der Waals surface area contributed by atoms with Crippen LogP contribution in [0.25, 0.3) is 0 Å². The maximum absolute atomic E-state index is 12.6. The monoisotopic (exact) mass is 481 g/mol. The van der Waals surface area contributed by atoms with Crippen molar-refractivity contribution in [3.8, 4) is 0 Å². The number of nitrogen functional groups attached to an aromatic ring is 1. The number of nitrogens with one attached hydrogen (secondary N) is 2. The summed E-state index contributed by atoms with van der Waals surface area (Å²) in [5.74, 6) is 0. The number of nitrogens with two attached hydrogens (primary N) is 1. The van der Waals surface area contributed by atoms with E-state index < -0.39 is 6.10 Å². The summed E-state index contributed by atoms with van der Waals surface area (Å²) < 4.78 is 5.45. The minimum Gasteiger partial charge on any atom is -0.397 e. The van der Waals surface area contributed by atoms with Gasteiger partial charge in [-0.2, -0.15) is 0 Å². The number of anilines is 3. The minimum atomic E-state index is -0.800. The summed E-state index contributed by atoms with van der Waals surface area (Å²) in [4.78, 5) is 22.0. The van der Waals surface area contributed by atoms with Crippen molar-refractivity contribution in [3.05, 3.63) is 80.7 Å². The Morgan fingerprint density at radius 2 is 2.09 bits per heavy atom. The molecule has 1 saturated heterocycles. The molecule has 1 atom stereocenters. The van der Waals surface area contributed by atoms with Crippen molar-refractivity contribution < 1.29 is 9.84 Å². The summed E-state index contributed by atoms with van der Waals surface area (Å²) in [6, 6.07) is 12.7. The first-order chi connectivity index (χ1) is 16.4. The number of aliphatic hydroxyl groups is 1. The number of aromatic amines is 1. The van der Waals surface area contributed by atoms with Crippen LogP contribution < -0.4 is 21.5 Å². The fourth-order valence-corrected chi connectivity index (χ4v) is 4.02. The van der Waals surface area contributed by atoms with E-state index in [2.05, 4.69) is 20.2 Å². The summed E-state index contributed by atoms with van der Waals surface area (Å²) in [5.41, 5.74) is 10.7. The summed E-state index contributed by atoms with van der Waals surface area (Å²) in [6.07, 6.45) is 2.25. The fourth-order valence-electron chi connectivity index (χ4n) is 3.82. The van der Waals surface area contributed by atoms with Gasteiger partial charge in [-0.15, -0.1) is 0 Å². The van der Waals surface area contributed by atoms with Crippen LogP contribution in [-0.4, -0.2) is 49.2 Å². The molecule has 8 nitrogen and oxygen atoms in total. The molecule has 4 rings (SSSR count). The predicted molar refractivity (Wildman–Crippen MR) is 138 cm³/mol. The van der Waals surface area contributed by atoms with E-state index in [-0.39, 0.29) is 12.1 Å². The lowest BCUT2D eigenvalue weighted by Gasteiger charge is -2.29. The number of pyridine rings is 1. The van der Waals surface area contributed by atoms with Crippen molar-refractivity contribution >= 4 is 40.6 Å². The molecule has 0 bridgehead atoms. The van der Waals surface area contributed by atoms with Crippen LogP contribution in [0.4, 0.5) is 22.7 Å². The van der Waals surface area contributed by atoms with Crippen molar-refractivity contribution in [2.75, 3.05) is 48.8 Å². The summed E-state index contributed by atoms with van der Waals surface area (Å²) in [7, 11) is 0. The number of aliphatic hydroxyl groups excluding tert-OH is 1. The first-order valence-electron chi connectivity index (χ1n) is 11.1. The lowest BCUT2D eigenvalue weighted by molar-refractivity contribution is 0.122. The fraction of sp³-hybridized carbons (Fsp3) is 0.280. The highest BCUT2D eigenvalue weighted by atomic mass is 35.5. The van der Waals surface area contributed by atoms with Crippen LogP contribution in [0.3, 0.4) is 0 Å². The Morgan fingerprint density at radius 3 is 2.85 bits per heavy atom. The second kappa shape index (κ2) is 10.7. The highest BCUT2D eigenvalue weighted by molar-refractivity contribution is 6.30. The van der Waals surface area contributed by atoms with Gasteiger partial charge in [0, 0.05) is 42.8 Å². The molecule has 0 spiro atoms.